The van der Waals surface area contributed by atoms with Crippen LogP contribution in [0, 0.1) is 5.82 Å². The van der Waals surface area contributed by atoms with E-state index in [1.807, 2.05) is 5.38 Å². The maximum Gasteiger partial charge on any atom is 0.298 e. The maximum atomic E-state index is 13.7. The van der Waals surface area contributed by atoms with Crippen molar-refractivity contribution in [2.45, 2.75) is 6.54 Å². The predicted octanol–water partition coefficient (Wildman–Crippen LogP) is 2.87. The molecule has 2 heterocycles. The highest BCUT2D eigenvalue weighted by atomic mass is 32.1. The molecule has 4 nitrogen and oxygen atoms in total. The molecule has 0 aliphatic carbocycles. The summed E-state index contributed by atoms with van der Waals surface area (Å²) in [5.41, 5.74) is 0.834. The zero-order valence-electron chi connectivity index (χ0n) is 11.5. The van der Waals surface area contributed by atoms with Gasteiger partial charge in [0.25, 0.3) is 5.91 Å². The first-order valence-corrected chi connectivity index (χ1v) is 7.49. The smallest absolute Gasteiger partial charge is 0.298 e. The lowest BCUT2D eigenvalue weighted by atomic mass is 10.2. The van der Waals surface area contributed by atoms with Crippen molar-refractivity contribution < 1.29 is 9.18 Å². The molecule has 0 radical (unpaired) electrons. The highest BCUT2D eigenvalue weighted by Crippen LogP contribution is 2.08. The minimum absolute atomic E-state index is 0.275. The minimum Gasteiger partial charge on any atom is -0.319 e. The number of amides is 1. The fourth-order valence-corrected chi connectivity index (χ4v) is 2.68. The molecular weight excluding hydrogens is 301 g/mol. The van der Waals surface area contributed by atoms with Gasteiger partial charge in [0, 0.05) is 23.3 Å². The van der Waals surface area contributed by atoms with E-state index in [-0.39, 0.29) is 11.5 Å². The van der Waals surface area contributed by atoms with Crippen LogP contribution in [-0.4, -0.2) is 15.5 Å². The molecular formula is C16H12FN3OS. The Labute approximate surface area is 130 Å². The first-order chi connectivity index (χ1) is 10.7. The molecule has 0 spiro atoms. The van der Waals surface area contributed by atoms with Gasteiger partial charge in [0.2, 0.25) is 0 Å². The van der Waals surface area contributed by atoms with E-state index in [0.29, 0.717) is 16.9 Å². The van der Waals surface area contributed by atoms with Crippen molar-refractivity contribution in [1.82, 2.24) is 9.55 Å². The number of carbonyl (C=O) groups is 1. The Balaban J connectivity index is 1.91. The second-order valence-corrected chi connectivity index (χ2v) is 5.41. The third-order valence-corrected chi connectivity index (χ3v) is 3.83. The molecule has 2 aromatic heterocycles. The molecule has 6 heteroatoms. The lowest BCUT2D eigenvalue weighted by Gasteiger charge is -2.04. The van der Waals surface area contributed by atoms with Crippen LogP contribution in [0.4, 0.5) is 4.39 Å². The first kappa shape index (κ1) is 14.3. The van der Waals surface area contributed by atoms with Crippen LogP contribution in [0.5, 0.6) is 0 Å². The number of rotatable bonds is 3. The number of nitrogens with zero attached hydrogens (tertiary/aromatic N) is 3. The highest BCUT2D eigenvalue weighted by molar-refractivity contribution is 7.07. The largest absolute Gasteiger partial charge is 0.319 e. The Bertz CT molecular complexity index is 855. The van der Waals surface area contributed by atoms with Crippen molar-refractivity contribution in [3.63, 3.8) is 0 Å². The van der Waals surface area contributed by atoms with Gasteiger partial charge in [-0.2, -0.15) is 4.99 Å². The SMILES string of the molecule is O=C(N=c1sccn1Cc1ccccc1F)c1ccccn1. The van der Waals surface area contributed by atoms with E-state index in [2.05, 4.69) is 9.98 Å². The average molecular weight is 313 g/mol. The quantitative estimate of drug-likeness (QED) is 0.746. The van der Waals surface area contributed by atoms with Crippen LogP contribution in [0.2, 0.25) is 0 Å². The molecule has 3 rings (SSSR count). The van der Waals surface area contributed by atoms with E-state index in [1.165, 1.54) is 17.4 Å². The van der Waals surface area contributed by atoms with E-state index < -0.39 is 5.91 Å². The van der Waals surface area contributed by atoms with Crippen LogP contribution in [-0.2, 0) is 6.54 Å². The molecule has 1 amide bonds. The monoisotopic (exact) mass is 313 g/mol. The second-order valence-electron chi connectivity index (χ2n) is 4.54. The molecule has 0 bridgehead atoms. The molecule has 0 unspecified atom stereocenters. The molecule has 1 aromatic carbocycles. The standard InChI is InChI=1S/C16H12FN3OS/c17-13-6-2-1-5-12(13)11-20-9-10-22-16(20)19-15(21)14-7-3-4-8-18-14/h1-10H,11H2. The van der Waals surface area contributed by atoms with E-state index in [9.17, 15) is 9.18 Å². The summed E-state index contributed by atoms with van der Waals surface area (Å²) in [4.78, 5) is 20.6. The van der Waals surface area contributed by atoms with Gasteiger partial charge in [0.1, 0.15) is 11.5 Å². The molecule has 0 fully saturated rings. The Hall–Kier alpha value is -2.60. The highest BCUT2D eigenvalue weighted by Gasteiger charge is 2.07. The van der Waals surface area contributed by atoms with Gasteiger partial charge in [-0.25, -0.2) is 4.39 Å². The number of hydrogen-bond acceptors (Lipinski definition) is 3. The summed E-state index contributed by atoms with van der Waals surface area (Å²) in [6.45, 7) is 0.324. The predicted molar refractivity (Wildman–Crippen MR) is 81.9 cm³/mol. The Kier molecular flexibility index (Phi) is 4.20. The summed E-state index contributed by atoms with van der Waals surface area (Å²) in [6, 6.07) is 11.6. The van der Waals surface area contributed by atoms with Gasteiger partial charge >= 0.3 is 0 Å². The number of benzene rings is 1. The number of carbonyl (C=O) groups excluding carboxylic acids is 1. The number of thiazole rings is 1. The molecule has 0 atom stereocenters. The Morgan fingerprint density at radius 3 is 2.82 bits per heavy atom. The lowest BCUT2D eigenvalue weighted by molar-refractivity contribution is 0.0993. The van der Waals surface area contributed by atoms with Crippen LogP contribution in [0.15, 0.2) is 65.2 Å². The van der Waals surface area contributed by atoms with Gasteiger partial charge < -0.3 is 4.57 Å². The zero-order chi connectivity index (χ0) is 15.4. The molecule has 0 N–H and O–H groups in total. The Morgan fingerprint density at radius 2 is 2.05 bits per heavy atom. The number of aromatic nitrogens is 2. The summed E-state index contributed by atoms with van der Waals surface area (Å²) < 4.78 is 15.5. The molecule has 110 valence electrons. The lowest BCUT2D eigenvalue weighted by Crippen LogP contribution is -2.17. The van der Waals surface area contributed by atoms with Crippen LogP contribution in [0.1, 0.15) is 16.1 Å². The molecule has 0 aliphatic rings. The fraction of sp³-hybridized carbons (Fsp3) is 0.0625. The van der Waals surface area contributed by atoms with Gasteiger partial charge in [-0.3, -0.25) is 9.78 Å². The van der Waals surface area contributed by atoms with Gasteiger partial charge in [-0.15, -0.1) is 11.3 Å². The van der Waals surface area contributed by atoms with Crippen LogP contribution < -0.4 is 4.80 Å². The van der Waals surface area contributed by atoms with Gasteiger partial charge in [0.15, 0.2) is 4.80 Å². The van der Waals surface area contributed by atoms with Crippen molar-refractivity contribution in [3.8, 4) is 0 Å². The maximum absolute atomic E-state index is 13.7. The van der Waals surface area contributed by atoms with Crippen molar-refractivity contribution in [1.29, 1.82) is 0 Å². The average Bonchev–Trinajstić information content (AvgIpc) is 2.97. The van der Waals surface area contributed by atoms with Crippen LogP contribution in [0.25, 0.3) is 0 Å². The van der Waals surface area contributed by atoms with Crippen molar-refractivity contribution >= 4 is 17.2 Å². The summed E-state index contributed by atoms with van der Waals surface area (Å²) in [5, 5.41) is 1.81. The number of halogens is 1. The van der Waals surface area contributed by atoms with Crippen LogP contribution >= 0.6 is 11.3 Å². The summed E-state index contributed by atoms with van der Waals surface area (Å²) in [7, 11) is 0. The van der Waals surface area contributed by atoms with Crippen molar-refractivity contribution in [3.05, 3.63) is 82.1 Å². The third-order valence-electron chi connectivity index (χ3n) is 3.04. The van der Waals surface area contributed by atoms with Gasteiger partial charge in [-0.05, 0) is 18.2 Å². The minimum atomic E-state index is -0.412. The van der Waals surface area contributed by atoms with Gasteiger partial charge in [-0.1, -0.05) is 24.3 Å². The Morgan fingerprint density at radius 1 is 1.23 bits per heavy atom. The fourth-order valence-electron chi connectivity index (χ4n) is 1.95. The summed E-state index contributed by atoms with van der Waals surface area (Å²) in [5.74, 6) is -0.687. The van der Waals surface area contributed by atoms with Gasteiger partial charge in [0.05, 0.1) is 6.54 Å². The molecule has 0 saturated heterocycles. The second kappa shape index (κ2) is 6.44. The third kappa shape index (κ3) is 3.17. The van der Waals surface area contributed by atoms with E-state index in [1.54, 1.807) is 53.4 Å². The molecule has 0 aliphatic heterocycles. The zero-order valence-corrected chi connectivity index (χ0v) is 12.3. The molecule has 0 saturated carbocycles. The number of hydrogen-bond donors (Lipinski definition) is 0. The van der Waals surface area contributed by atoms with E-state index >= 15 is 0 Å². The molecule has 22 heavy (non-hydrogen) atoms. The normalized spacial score (nSPS) is 11.6. The van der Waals surface area contributed by atoms with Crippen molar-refractivity contribution in [2.75, 3.05) is 0 Å². The summed E-state index contributed by atoms with van der Waals surface area (Å²) >= 11 is 1.32. The topological polar surface area (TPSA) is 47.2 Å². The van der Waals surface area contributed by atoms with E-state index in [0.717, 1.165) is 0 Å². The first-order valence-electron chi connectivity index (χ1n) is 6.61. The summed E-state index contributed by atoms with van der Waals surface area (Å²) in [6.07, 6.45) is 3.33. The molecule has 3 aromatic rings. The van der Waals surface area contributed by atoms with E-state index in [4.69, 9.17) is 0 Å². The van der Waals surface area contributed by atoms with Crippen LogP contribution in [0.3, 0.4) is 0 Å². The number of pyridine rings is 1. The van der Waals surface area contributed by atoms with Crippen molar-refractivity contribution in [2.24, 2.45) is 4.99 Å².